The molecule has 0 saturated carbocycles. The molecule has 3 heteroatoms. The molecule has 19 heavy (non-hydrogen) atoms. The Morgan fingerprint density at radius 2 is 1.89 bits per heavy atom. The molecule has 2 aromatic carbocycles. The molecule has 0 aliphatic carbocycles. The van der Waals surface area contributed by atoms with Crippen molar-refractivity contribution in [2.75, 3.05) is 12.4 Å². The molecule has 0 heterocycles. The van der Waals surface area contributed by atoms with E-state index in [4.69, 9.17) is 4.74 Å². The van der Waals surface area contributed by atoms with Gasteiger partial charge in [-0.1, -0.05) is 24.3 Å². The minimum atomic E-state index is 0.240. The van der Waals surface area contributed by atoms with Gasteiger partial charge in [0.15, 0.2) is 0 Å². The summed E-state index contributed by atoms with van der Waals surface area (Å²) < 4.78 is 6.30. The molecule has 1 N–H and O–H groups in total. The van der Waals surface area contributed by atoms with Gasteiger partial charge in [0.25, 0.3) is 0 Å². The number of halogens is 1. The number of ether oxygens (including phenoxy) is 1. The standard InChI is InChI=1S/C16H18BrNO/c1-11-6-4-5-7-14(11)12(2)18-16-10-13(19-3)8-9-15(16)17/h4-10,12,18H,1-3H3. The fourth-order valence-corrected chi connectivity index (χ4v) is 2.49. The van der Waals surface area contributed by atoms with E-state index in [1.165, 1.54) is 11.1 Å². The lowest BCUT2D eigenvalue weighted by atomic mass is 10.0. The van der Waals surface area contributed by atoms with E-state index in [2.05, 4.69) is 59.4 Å². The van der Waals surface area contributed by atoms with Crippen molar-refractivity contribution >= 4 is 21.6 Å². The van der Waals surface area contributed by atoms with Gasteiger partial charge in [-0.25, -0.2) is 0 Å². The highest BCUT2D eigenvalue weighted by molar-refractivity contribution is 9.10. The molecule has 0 aliphatic heterocycles. The molecule has 0 spiro atoms. The molecule has 0 aromatic heterocycles. The van der Waals surface area contributed by atoms with E-state index in [0.29, 0.717) is 0 Å². The highest BCUT2D eigenvalue weighted by Gasteiger charge is 2.10. The topological polar surface area (TPSA) is 21.3 Å². The Morgan fingerprint density at radius 3 is 2.58 bits per heavy atom. The average molecular weight is 320 g/mol. The van der Waals surface area contributed by atoms with Crippen LogP contribution in [-0.2, 0) is 0 Å². The third-order valence-electron chi connectivity index (χ3n) is 3.20. The van der Waals surface area contributed by atoms with Gasteiger partial charge in [-0.15, -0.1) is 0 Å². The Morgan fingerprint density at radius 1 is 1.16 bits per heavy atom. The van der Waals surface area contributed by atoms with Gasteiger partial charge in [0.1, 0.15) is 5.75 Å². The Labute approximate surface area is 122 Å². The first-order chi connectivity index (χ1) is 9.11. The first-order valence-corrected chi connectivity index (χ1v) is 7.06. The third-order valence-corrected chi connectivity index (χ3v) is 3.89. The number of benzene rings is 2. The van der Waals surface area contributed by atoms with E-state index in [-0.39, 0.29) is 6.04 Å². The number of nitrogens with one attached hydrogen (secondary N) is 1. The Bertz CT molecular complexity index is 568. The van der Waals surface area contributed by atoms with E-state index in [9.17, 15) is 0 Å². The van der Waals surface area contributed by atoms with Gasteiger partial charge in [0, 0.05) is 16.6 Å². The summed E-state index contributed by atoms with van der Waals surface area (Å²) in [7, 11) is 1.68. The zero-order valence-corrected chi connectivity index (χ0v) is 13.0. The molecule has 0 aliphatic rings. The smallest absolute Gasteiger partial charge is 0.121 e. The van der Waals surface area contributed by atoms with E-state index in [1.807, 2.05) is 18.2 Å². The zero-order chi connectivity index (χ0) is 13.8. The molecule has 2 aromatic rings. The number of anilines is 1. The van der Waals surface area contributed by atoms with Crippen molar-refractivity contribution < 1.29 is 4.74 Å². The van der Waals surface area contributed by atoms with Crippen LogP contribution in [0, 0.1) is 6.92 Å². The highest BCUT2D eigenvalue weighted by Crippen LogP contribution is 2.30. The van der Waals surface area contributed by atoms with Crippen LogP contribution < -0.4 is 10.1 Å². The summed E-state index contributed by atoms with van der Waals surface area (Å²) in [4.78, 5) is 0. The van der Waals surface area contributed by atoms with Crippen LogP contribution in [0.3, 0.4) is 0 Å². The van der Waals surface area contributed by atoms with Gasteiger partial charge in [-0.2, -0.15) is 0 Å². The number of rotatable bonds is 4. The predicted molar refractivity (Wildman–Crippen MR) is 83.9 cm³/mol. The fourth-order valence-electron chi connectivity index (χ4n) is 2.13. The normalized spacial score (nSPS) is 12.0. The Kier molecular flexibility index (Phi) is 4.48. The van der Waals surface area contributed by atoms with Crippen LogP contribution in [0.2, 0.25) is 0 Å². The van der Waals surface area contributed by atoms with Gasteiger partial charge < -0.3 is 10.1 Å². The molecule has 0 radical (unpaired) electrons. The summed E-state index contributed by atoms with van der Waals surface area (Å²) >= 11 is 3.56. The lowest BCUT2D eigenvalue weighted by molar-refractivity contribution is 0.415. The second kappa shape index (κ2) is 6.11. The summed E-state index contributed by atoms with van der Waals surface area (Å²) in [6.07, 6.45) is 0. The second-order valence-electron chi connectivity index (χ2n) is 4.57. The van der Waals surface area contributed by atoms with Crippen molar-refractivity contribution in [2.24, 2.45) is 0 Å². The number of hydrogen-bond donors (Lipinski definition) is 1. The highest BCUT2D eigenvalue weighted by atomic mass is 79.9. The van der Waals surface area contributed by atoms with Crippen molar-refractivity contribution in [2.45, 2.75) is 19.9 Å². The van der Waals surface area contributed by atoms with Crippen LogP contribution in [0.25, 0.3) is 0 Å². The molecule has 1 atom stereocenters. The summed E-state index contributed by atoms with van der Waals surface area (Å²) in [5, 5.41) is 3.52. The van der Waals surface area contributed by atoms with Gasteiger partial charge in [-0.3, -0.25) is 0 Å². The molecule has 2 nitrogen and oxygen atoms in total. The first kappa shape index (κ1) is 13.9. The number of methoxy groups -OCH3 is 1. The third kappa shape index (κ3) is 3.29. The lowest BCUT2D eigenvalue weighted by Crippen LogP contribution is -2.08. The maximum absolute atomic E-state index is 5.26. The molecular formula is C16H18BrNO. The summed E-state index contributed by atoms with van der Waals surface area (Å²) in [6, 6.07) is 14.6. The average Bonchev–Trinajstić information content (AvgIpc) is 2.41. The number of aryl methyl sites for hydroxylation is 1. The maximum atomic E-state index is 5.26. The Hall–Kier alpha value is -1.48. The molecular weight excluding hydrogens is 302 g/mol. The predicted octanol–water partition coefficient (Wildman–Crippen LogP) is 4.94. The van der Waals surface area contributed by atoms with E-state index in [0.717, 1.165) is 15.9 Å². The van der Waals surface area contributed by atoms with Crippen LogP contribution >= 0.6 is 15.9 Å². The SMILES string of the molecule is COc1ccc(Br)c(NC(C)c2ccccc2C)c1. The molecule has 0 fully saturated rings. The minimum absolute atomic E-state index is 0.240. The summed E-state index contributed by atoms with van der Waals surface area (Å²) in [6.45, 7) is 4.29. The zero-order valence-electron chi connectivity index (χ0n) is 11.4. The van der Waals surface area contributed by atoms with Gasteiger partial charge in [0.05, 0.1) is 12.8 Å². The van der Waals surface area contributed by atoms with E-state index in [1.54, 1.807) is 7.11 Å². The van der Waals surface area contributed by atoms with Crippen molar-refractivity contribution in [1.29, 1.82) is 0 Å². The molecule has 0 amide bonds. The van der Waals surface area contributed by atoms with Crippen LogP contribution in [0.15, 0.2) is 46.9 Å². The van der Waals surface area contributed by atoms with Crippen molar-refractivity contribution in [1.82, 2.24) is 0 Å². The maximum Gasteiger partial charge on any atom is 0.121 e. The second-order valence-corrected chi connectivity index (χ2v) is 5.42. The quantitative estimate of drug-likeness (QED) is 0.861. The lowest BCUT2D eigenvalue weighted by Gasteiger charge is -2.19. The monoisotopic (exact) mass is 319 g/mol. The van der Waals surface area contributed by atoms with Gasteiger partial charge in [0.2, 0.25) is 0 Å². The molecule has 2 rings (SSSR count). The largest absolute Gasteiger partial charge is 0.497 e. The number of hydrogen-bond acceptors (Lipinski definition) is 2. The summed E-state index contributed by atoms with van der Waals surface area (Å²) in [5.41, 5.74) is 3.63. The van der Waals surface area contributed by atoms with E-state index >= 15 is 0 Å². The molecule has 1 unspecified atom stereocenters. The summed E-state index contributed by atoms with van der Waals surface area (Å²) in [5.74, 6) is 0.850. The van der Waals surface area contributed by atoms with Crippen molar-refractivity contribution in [3.05, 3.63) is 58.1 Å². The van der Waals surface area contributed by atoms with Crippen molar-refractivity contribution in [3.63, 3.8) is 0 Å². The van der Waals surface area contributed by atoms with E-state index < -0.39 is 0 Å². The Balaban J connectivity index is 2.24. The van der Waals surface area contributed by atoms with Crippen LogP contribution in [0.5, 0.6) is 5.75 Å². The van der Waals surface area contributed by atoms with Gasteiger partial charge in [-0.05, 0) is 53.0 Å². The molecule has 0 bridgehead atoms. The van der Waals surface area contributed by atoms with Crippen LogP contribution in [0.4, 0.5) is 5.69 Å². The fraction of sp³-hybridized carbons (Fsp3) is 0.250. The van der Waals surface area contributed by atoms with Crippen LogP contribution in [-0.4, -0.2) is 7.11 Å². The first-order valence-electron chi connectivity index (χ1n) is 6.27. The minimum Gasteiger partial charge on any atom is -0.497 e. The molecule has 0 saturated heterocycles. The van der Waals surface area contributed by atoms with Crippen LogP contribution in [0.1, 0.15) is 24.1 Å². The molecule has 100 valence electrons. The van der Waals surface area contributed by atoms with Crippen molar-refractivity contribution in [3.8, 4) is 5.75 Å². The van der Waals surface area contributed by atoms with Gasteiger partial charge >= 0.3 is 0 Å².